The van der Waals surface area contributed by atoms with Crippen molar-refractivity contribution in [3.8, 4) is 0 Å². The summed E-state index contributed by atoms with van der Waals surface area (Å²) in [6, 6.07) is 0. The molecule has 4 heteroatoms. The Labute approximate surface area is 90.5 Å². The highest BCUT2D eigenvalue weighted by Gasteiger charge is 2.03. The van der Waals surface area contributed by atoms with Crippen molar-refractivity contribution in [1.82, 2.24) is 14.8 Å². The molecule has 0 amide bonds. The van der Waals surface area contributed by atoms with Gasteiger partial charge in [-0.3, -0.25) is 5.10 Å². The molecule has 1 aromatic rings. The van der Waals surface area contributed by atoms with Gasteiger partial charge in [-0.05, 0) is 25.1 Å². The van der Waals surface area contributed by atoms with Crippen molar-refractivity contribution in [2.75, 3.05) is 0 Å². The van der Waals surface area contributed by atoms with Crippen LogP contribution >= 0.6 is 12.2 Å². The Morgan fingerprint density at radius 1 is 1.29 bits per heavy atom. The molecular formula is C10H19N3S. The highest BCUT2D eigenvalue weighted by atomic mass is 32.1. The summed E-state index contributed by atoms with van der Waals surface area (Å²) in [6.45, 7) is 5.35. The lowest BCUT2D eigenvalue weighted by molar-refractivity contribution is 0.605. The zero-order chi connectivity index (χ0) is 10.4. The second-order valence-corrected chi connectivity index (χ2v) is 3.94. The van der Waals surface area contributed by atoms with Crippen molar-refractivity contribution in [2.45, 2.75) is 52.5 Å². The second kappa shape index (κ2) is 5.96. The quantitative estimate of drug-likeness (QED) is 0.582. The molecule has 0 saturated heterocycles. The van der Waals surface area contributed by atoms with Gasteiger partial charge in [-0.2, -0.15) is 5.10 Å². The summed E-state index contributed by atoms with van der Waals surface area (Å²) in [6.07, 6.45) is 5.88. The van der Waals surface area contributed by atoms with E-state index in [1.807, 2.05) is 0 Å². The first-order valence-corrected chi connectivity index (χ1v) is 5.84. The van der Waals surface area contributed by atoms with Gasteiger partial charge in [-0.15, -0.1) is 0 Å². The number of aryl methyl sites for hydroxylation is 1. The molecule has 0 bridgehead atoms. The molecule has 0 aliphatic heterocycles. The maximum absolute atomic E-state index is 5.16. The van der Waals surface area contributed by atoms with E-state index in [-0.39, 0.29) is 0 Å². The highest BCUT2D eigenvalue weighted by Crippen LogP contribution is 2.05. The minimum Gasteiger partial charge on any atom is -0.304 e. The van der Waals surface area contributed by atoms with Gasteiger partial charge in [0.25, 0.3) is 0 Å². The fourth-order valence-electron chi connectivity index (χ4n) is 1.53. The summed E-state index contributed by atoms with van der Waals surface area (Å²) in [7, 11) is 0. The molecule has 14 heavy (non-hydrogen) atoms. The first kappa shape index (κ1) is 11.4. The van der Waals surface area contributed by atoms with E-state index in [4.69, 9.17) is 12.2 Å². The summed E-state index contributed by atoms with van der Waals surface area (Å²) in [5.41, 5.74) is 0. The van der Waals surface area contributed by atoms with Gasteiger partial charge < -0.3 is 4.57 Å². The second-order valence-electron chi connectivity index (χ2n) is 3.55. The Morgan fingerprint density at radius 3 is 2.71 bits per heavy atom. The Balaban J connectivity index is 2.61. The highest BCUT2D eigenvalue weighted by molar-refractivity contribution is 7.71. The Hall–Kier alpha value is -0.640. The number of unbranched alkanes of at least 4 members (excludes halogenated alkanes) is 2. The van der Waals surface area contributed by atoms with Gasteiger partial charge >= 0.3 is 0 Å². The number of rotatable bonds is 6. The number of hydrogen-bond donors (Lipinski definition) is 1. The lowest BCUT2D eigenvalue weighted by Crippen LogP contribution is -2.03. The fourth-order valence-corrected chi connectivity index (χ4v) is 1.77. The maximum Gasteiger partial charge on any atom is 0.195 e. The molecule has 0 aliphatic rings. The molecule has 1 N–H and O–H groups in total. The average Bonchev–Trinajstić information content (AvgIpc) is 2.51. The number of aromatic nitrogens is 3. The standard InChI is InChI=1S/C10H19N3S/c1-3-5-6-7-9-11-12-10(14)13(9)8-4-2/h3-8H2,1-2H3,(H,12,14). The van der Waals surface area contributed by atoms with Crippen LogP contribution in [0.2, 0.25) is 0 Å². The molecule has 1 heterocycles. The van der Waals surface area contributed by atoms with Crippen molar-refractivity contribution in [2.24, 2.45) is 0 Å². The van der Waals surface area contributed by atoms with Crippen molar-refractivity contribution in [3.63, 3.8) is 0 Å². The van der Waals surface area contributed by atoms with Crippen LogP contribution in [0.1, 0.15) is 45.4 Å². The molecule has 0 fully saturated rings. The first-order chi connectivity index (χ1) is 6.79. The van der Waals surface area contributed by atoms with Crippen molar-refractivity contribution >= 4 is 12.2 Å². The van der Waals surface area contributed by atoms with Gasteiger partial charge in [-0.25, -0.2) is 0 Å². The lowest BCUT2D eigenvalue weighted by Gasteiger charge is -2.03. The molecule has 3 nitrogen and oxygen atoms in total. The molecule has 0 radical (unpaired) electrons. The third-order valence-electron chi connectivity index (χ3n) is 2.29. The zero-order valence-corrected chi connectivity index (χ0v) is 9.86. The number of H-pyrrole nitrogens is 1. The van der Waals surface area contributed by atoms with E-state index in [1.165, 1.54) is 19.3 Å². The predicted molar refractivity (Wildman–Crippen MR) is 60.9 cm³/mol. The summed E-state index contributed by atoms with van der Waals surface area (Å²) in [5.74, 6) is 1.12. The van der Waals surface area contributed by atoms with E-state index in [9.17, 15) is 0 Å². The van der Waals surface area contributed by atoms with E-state index >= 15 is 0 Å². The number of aromatic amines is 1. The molecule has 0 spiro atoms. The molecule has 0 unspecified atom stereocenters. The maximum atomic E-state index is 5.16. The van der Waals surface area contributed by atoms with Gasteiger partial charge in [-0.1, -0.05) is 26.7 Å². The van der Waals surface area contributed by atoms with Crippen LogP contribution in [0.3, 0.4) is 0 Å². The summed E-state index contributed by atoms with van der Waals surface area (Å²) in [5, 5.41) is 7.12. The van der Waals surface area contributed by atoms with E-state index in [0.717, 1.165) is 30.0 Å². The minimum absolute atomic E-state index is 0.762. The smallest absolute Gasteiger partial charge is 0.195 e. The number of nitrogens with zero attached hydrogens (tertiary/aromatic N) is 2. The summed E-state index contributed by atoms with van der Waals surface area (Å²) < 4.78 is 2.88. The van der Waals surface area contributed by atoms with Crippen molar-refractivity contribution < 1.29 is 0 Å². The van der Waals surface area contributed by atoms with E-state index in [1.54, 1.807) is 0 Å². The Bertz CT molecular complexity index is 313. The number of hydrogen-bond acceptors (Lipinski definition) is 2. The predicted octanol–water partition coefficient (Wildman–Crippen LogP) is 3.08. The van der Waals surface area contributed by atoms with Crippen LogP contribution in [-0.4, -0.2) is 14.8 Å². The van der Waals surface area contributed by atoms with Gasteiger partial charge in [0.1, 0.15) is 5.82 Å². The molecule has 0 saturated carbocycles. The van der Waals surface area contributed by atoms with Crippen LogP contribution in [0, 0.1) is 4.77 Å². The Kier molecular flexibility index (Phi) is 4.87. The SMILES string of the molecule is CCCCCc1n[nH]c(=S)n1CCC. The van der Waals surface area contributed by atoms with Gasteiger partial charge in [0.05, 0.1) is 0 Å². The monoisotopic (exact) mass is 213 g/mol. The average molecular weight is 213 g/mol. The minimum atomic E-state index is 0.762. The Morgan fingerprint density at radius 2 is 2.07 bits per heavy atom. The van der Waals surface area contributed by atoms with Crippen LogP contribution in [0.25, 0.3) is 0 Å². The molecule has 0 aliphatic carbocycles. The van der Waals surface area contributed by atoms with E-state index in [0.29, 0.717) is 0 Å². The third kappa shape index (κ3) is 2.94. The van der Waals surface area contributed by atoms with Crippen LogP contribution in [0.15, 0.2) is 0 Å². The fraction of sp³-hybridized carbons (Fsp3) is 0.800. The van der Waals surface area contributed by atoms with E-state index in [2.05, 4.69) is 28.6 Å². The number of nitrogens with one attached hydrogen (secondary N) is 1. The lowest BCUT2D eigenvalue weighted by atomic mass is 10.2. The molecule has 1 aromatic heterocycles. The van der Waals surface area contributed by atoms with Crippen LogP contribution in [0.5, 0.6) is 0 Å². The normalized spacial score (nSPS) is 10.7. The van der Waals surface area contributed by atoms with Gasteiger partial charge in [0, 0.05) is 13.0 Å². The molecule has 80 valence electrons. The van der Waals surface area contributed by atoms with Crippen molar-refractivity contribution in [3.05, 3.63) is 10.6 Å². The molecule has 0 atom stereocenters. The van der Waals surface area contributed by atoms with Crippen LogP contribution < -0.4 is 0 Å². The third-order valence-corrected chi connectivity index (χ3v) is 2.60. The molecular weight excluding hydrogens is 194 g/mol. The largest absolute Gasteiger partial charge is 0.304 e. The first-order valence-electron chi connectivity index (χ1n) is 5.43. The van der Waals surface area contributed by atoms with Crippen LogP contribution in [0.4, 0.5) is 0 Å². The van der Waals surface area contributed by atoms with Gasteiger partial charge in [0.15, 0.2) is 4.77 Å². The van der Waals surface area contributed by atoms with Gasteiger partial charge in [0.2, 0.25) is 0 Å². The summed E-state index contributed by atoms with van der Waals surface area (Å²) in [4.78, 5) is 0. The topological polar surface area (TPSA) is 33.6 Å². The zero-order valence-electron chi connectivity index (χ0n) is 9.05. The molecule has 0 aromatic carbocycles. The van der Waals surface area contributed by atoms with E-state index < -0.39 is 0 Å². The summed E-state index contributed by atoms with van der Waals surface area (Å²) >= 11 is 5.16. The van der Waals surface area contributed by atoms with Crippen molar-refractivity contribution in [1.29, 1.82) is 0 Å². The molecule has 1 rings (SSSR count). The van der Waals surface area contributed by atoms with Crippen LogP contribution in [-0.2, 0) is 13.0 Å².